The molecular formula is C20H30O2Si. The van der Waals surface area contributed by atoms with E-state index >= 15 is 0 Å². The number of hydrogen-bond acceptors (Lipinski definition) is 2. The van der Waals surface area contributed by atoms with Crippen molar-refractivity contribution in [2.75, 3.05) is 0 Å². The molecule has 0 spiro atoms. The molecule has 1 atom stereocenters. The summed E-state index contributed by atoms with van der Waals surface area (Å²) in [6.07, 6.45) is 3.50. The maximum atomic E-state index is 12.5. The highest BCUT2D eigenvalue weighted by atomic mass is 28.3. The van der Waals surface area contributed by atoms with Gasteiger partial charge in [0.1, 0.15) is 0 Å². The number of hydrogen-bond donors (Lipinski definition) is 0. The summed E-state index contributed by atoms with van der Waals surface area (Å²) in [5.74, 6) is 1.58. The lowest BCUT2D eigenvalue weighted by atomic mass is 9.79. The van der Waals surface area contributed by atoms with Crippen LogP contribution >= 0.6 is 0 Å². The first-order valence-corrected chi connectivity index (χ1v) is 11.5. The minimum atomic E-state index is -1.20. The molecule has 0 radical (unpaired) electrons. The van der Waals surface area contributed by atoms with E-state index in [0.29, 0.717) is 12.2 Å². The Kier molecular flexibility index (Phi) is 5.85. The summed E-state index contributed by atoms with van der Waals surface area (Å²) >= 11 is 0. The van der Waals surface area contributed by atoms with Crippen LogP contribution in [0, 0.1) is 11.3 Å². The van der Waals surface area contributed by atoms with Crippen LogP contribution in [0.3, 0.4) is 0 Å². The quantitative estimate of drug-likeness (QED) is 0.694. The van der Waals surface area contributed by atoms with E-state index in [2.05, 4.69) is 58.1 Å². The summed E-state index contributed by atoms with van der Waals surface area (Å²) in [6, 6.07) is 10.5. The van der Waals surface area contributed by atoms with E-state index in [-0.39, 0.29) is 11.3 Å². The number of ketones is 1. The Morgan fingerprint density at radius 1 is 1.13 bits per heavy atom. The zero-order valence-corrected chi connectivity index (χ0v) is 16.3. The predicted octanol–water partition coefficient (Wildman–Crippen LogP) is 4.90. The number of carbonyl (C=O) groups is 1. The van der Waals surface area contributed by atoms with Gasteiger partial charge in [0.05, 0.1) is 5.76 Å². The number of rotatable bonds is 6. The van der Waals surface area contributed by atoms with Crippen molar-refractivity contribution in [3.8, 4) is 0 Å². The van der Waals surface area contributed by atoms with Crippen LogP contribution in [0.4, 0.5) is 0 Å². The Morgan fingerprint density at radius 2 is 1.78 bits per heavy atom. The van der Waals surface area contributed by atoms with Crippen LogP contribution in [0.2, 0.25) is 13.1 Å². The third-order valence-electron chi connectivity index (χ3n) is 4.48. The molecule has 1 aromatic carbocycles. The van der Waals surface area contributed by atoms with Gasteiger partial charge in [-0.1, -0.05) is 51.1 Å². The molecule has 1 aromatic rings. The van der Waals surface area contributed by atoms with Crippen molar-refractivity contribution in [3.05, 3.63) is 47.2 Å². The van der Waals surface area contributed by atoms with Crippen LogP contribution in [0.15, 0.2) is 41.7 Å². The summed E-state index contributed by atoms with van der Waals surface area (Å²) < 4.78 is 6.23. The van der Waals surface area contributed by atoms with E-state index in [4.69, 9.17) is 4.43 Å². The minimum absolute atomic E-state index is 0.0788. The average molecular weight is 331 g/mol. The SMILES string of the molecule is C[SiH](C)OC1=C(CCCc2ccccc2)C(=O)CC1C(C)(C)C. The van der Waals surface area contributed by atoms with Gasteiger partial charge in [0.2, 0.25) is 9.04 Å². The minimum Gasteiger partial charge on any atom is -0.549 e. The van der Waals surface area contributed by atoms with Crippen LogP contribution < -0.4 is 0 Å². The lowest BCUT2D eigenvalue weighted by Crippen LogP contribution is -2.24. The van der Waals surface area contributed by atoms with Gasteiger partial charge in [-0.2, -0.15) is 0 Å². The fourth-order valence-corrected chi connectivity index (χ4v) is 4.05. The Morgan fingerprint density at radius 3 is 2.35 bits per heavy atom. The second-order valence-corrected chi connectivity index (χ2v) is 10.2. The van der Waals surface area contributed by atoms with Crippen molar-refractivity contribution in [2.45, 2.75) is 59.5 Å². The molecule has 0 bridgehead atoms. The summed E-state index contributed by atoms with van der Waals surface area (Å²) in [7, 11) is -1.20. The number of allylic oxidation sites excluding steroid dienone is 2. The fraction of sp³-hybridized carbons (Fsp3) is 0.550. The van der Waals surface area contributed by atoms with Crippen molar-refractivity contribution in [3.63, 3.8) is 0 Å². The van der Waals surface area contributed by atoms with Crippen molar-refractivity contribution < 1.29 is 9.22 Å². The molecule has 0 fully saturated rings. The molecule has 23 heavy (non-hydrogen) atoms. The molecule has 1 aliphatic carbocycles. The highest BCUT2D eigenvalue weighted by Gasteiger charge is 2.40. The van der Waals surface area contributed by atoms with Crippen LogP contribution in [0.25, 0.3) is 0 Å². The molecule has 0 saturated carbocycles. The van der Waals surface area contributed by atoms with Gasteiger partial charge in [-0.25, -0.2) is 0 Å². The van der Waals surface area contributed by atoms with Crippen LogP contribution in [-0.2, 0) is 15.6 Å². The monoisotopic (exact) mass is 330 g/mol. The molecule has 2 rings (SSSR count). The van der Waals surface area contributed by atoms with Crippen molar-refractivity contribution in [2.24, 2.45) is 11.3 Å². The summed E-state index contributed by atoms with van der Waals surface area (Å²) in [5.41, 5.74) is 2.39. The molecule has 2 nitrogen and oxygen atoms in total. The zero-order valence-electron chi connectivity index (χ0n) is 15.2. The highest BCUT2D eigenvalue weighted by Crippen LogP contribution is 2.43. The molecule has 1 aliphatic rings. The smallest absolute Gasteiger partial charge is 0.229 e. The lowest BCUT2D eigenvalue weighted by Gasteiger charge is -2.30. The lowest BCUT2D eigenvalue weighted by molar-refractivity contribution is -0.115. The molecule has 0 heterocycles. The summed E-state index contributed by atoms with van der Waals surface area (Å²) in [5, 5.41) is 0. The zero-order chi connectivity index (χ0) is 17.0. The van der Waals surface area contributed by atoms with Gasteiger partial charge in [0.25, 0.3) is 0 Å². The predicted molar refractivity (Wildman–Crippen MR) is 98.9 cm³/mol. The van der Waals surface area contributed by atoms with E-state index in [9.17, 15) is 4.79 Å². The van der Waals surface area contributed by atoms with Gasteiger partial charge in [-0.05, 0) is 43.3 Å². The van der Waals surface area contributed by atoms with Gasteiger partial charge in [-0.15, -0.1) is 0 Å². The maximum absolute atomic E-state index is 12.5. The van der Waals surface area contributed by atoms with Gasteiger partial charge in [0.15, 0.2) is 5.78 Å². The van der Waals surface area contributed by atoms with E-state index in [1.165, 1.54) is 5.56 Å². The average Bonchev–Trinajstić information content (AvgIpc) is 2.77. The van der Waals surface area contributed by atoms with E-state index < -0.39 is 9.04 Å². The number of Topliss-reactive ketones (excluding diaryl/α,β-unsaturated/α-hetero) is 1. The molecule has 126 valence electrons. The first kappa shape index (κ1) is 18.0. The van der Waals surface area contributed by atoms with E-state index in [1.807, 2.05) is 6.07 Å². The number of carbonyl (C=O) groups excluding carboxylic acids is 1. The summed E-state index contributed by atoms with van der Waals surface area (Å²) in [4.78, 5) is 12.5. The molecular weight excluding hydrogens is 300 g/mol. The van der Waals surface area contributed by atoms with Crippen molar-refractivity contribution in [1.29, 1.82) is 0 Å². The normalized spacial score (nSPS) is 18.9. The second-order valence-electron chi connectivity index (χ2n) is 7.89. The number of benzene rings is 1. The first-order valence-electron chi connectivity index (χ1n) is 8.76. The Bertz CT molecular complexity index is 567. The third-order valence-corrected chi connectivity index (χ3v) is 5.21. The van der Waals surface area contributed by atoms with Crippen LogP contribution in [-0.4, -0.2) is 14.8 Å². The van der Waals surface area contributed by atoms with Gasteiger partial charge >= 0.3 is 0 Å². The fourth-order valence-electron chi connectivity index (χ4n) is 3.23. The number of aryl methyl sites for hydroxylation is 1. The topological polar surface area (TPSA) is 26.3 Å². The molecule has 0 N–H and O–H groups in total. The van der Waals surface area contributed by atoms with Crippen molar-refractivity contribution in [1.82, 2.24) is 0 Å². The van der Waals surface area contributed by atoms with Crippen molar-refractivity contribution >= 4 is 14.8 Å². The van der Waals surface area contributed by atoms with E-state index in [1.54, 1.807) is 0 Å². The molecule has 0 saturated heterocycles. The second kappa shape index (κ2) is 7.48. The van der Waals surface area contributed by atoms with Crippen LogP contribution in [0.5, 0.6) is 0 Å². The largest absolute Gasteiger partial charge is 0.549 e. The Labute approximate surface area is 142 Å². The van der Waals surface area contributed by atoms with Crippen LogP contribution in [0.1, 0.15) is 45.6 Å². The molecule has 0 amide bonds. The first-order chi connectivity index (χ1) is 10.8. The Hall–Kier alpha value is -1.35. The van der Waals surface area contributed by atoms with E-state index in [0.717, 1.165) is 30.6 Å². The molecule has 3 heteroatoms. The molecule has 1 unspecified atom stereocenters. The van der Waals surface area contributed by atoms with Gasteiger partial charge in [0, 0.05) is 17.9 Å². The maximum Gasteiger partial charge on any atom is 0.229 e. The Balaban J connectivity index is 2.12. The highest BCUT2D eigenvalue weighted by molar-refractivity contribution is 6.48. The molecule has 0 aliphatic heterocycles. The van der Waals surface area contributed by atoms with Gasteiger partial charge in [-0.3, -0.25) is 4.79 Å². The van der Waals surface area contributed by atoms with Gasteiger partial charge < -0.3 is 4.43 Å². The third kappa shape index (κ3) is 4.81. The summed E-state index contributed by atoms with van der Waals surface area (Å²) in [6.45, 7) is 11.0. The molecule has 0 aromatic heterocycles. The standard InChI is InChI=1S/C20H30O2Si/c1-20(2,3)17-14-18(21)16(19(17)22-23(4)5)13-9-12-15-10-7-6-8-11-15/h6-8,10-11,17,23H,9,12-14H2,1-5H3.